The minimum Gasteiger partial charge on any atom is -0.469 e. The Morgan fingerprint density at radius 1 is 1.04 bits per heavy atom. The number of rotatable bonds is 9. The molecule has 2 aromatic carbocycles. The molecule has 0 bridgehead atoms. The fourth-order valence-electron chi connectivity index (χ4n) is 2.81. The van der Waals surface area contributed by atoms with Crippen LogP contribution in [0, 0.1) is 6.92 Å². The molecule has 2 aromatic rings. The summed E-state index contributed by atoms with van der Waals surface area (Å²) in [7, 11) is 1.35. The number of ether oxygens (including phenoxy) is 1. The first kappa shape index (κ1) is 21.0. The lowest BCUT2D eigenvalue weighted by molar-refractivity contribution is -0.142. The summed E-state index contributed by atoms with van der Waals surface area (Å²) in [6, 6.07) is 15.8. The van der Waals surface area contributed by atoms with E-state index in [2.05, 4.69) is 31.2 Å². The summed E-state index contributed by atoms with van der Waals surface area (Å²) in [4.78, 5) is 25.9. The van der Waals surface area contributed by atoms with Gasteiger partial charge in [0, 0.05) is 24.5 Å². The summed E-state index contributed by atoms with van der Waals surface area (Å²) in [5.74, 6) is -0.308. The summed E-state index contributed by atoms with van der Waals surface area (Å²) < 4.78 is 4.70. The molecule has 0 fully saturated rings. The second kappa shape index (κ2) is 10.7. The molecule has 0 atom stereocenters. The number of amides is 1. The van der Waals surface area contributed by atoms with Gasteiger partial charge in [-0.05, 0) is 37.0 Å². The Kier molecular flexibility index (Phi) is 8.34. The molecule has 2 rings (SSSR count). The zero-order chi connectivity index (χ0) is 19.6. The maximum atomic E-state index is 12.7. The van der Waals surface area contributed by atoms with Crippen LogP contribution in [0.15, 0.2) is 48.5 Å². The number of esters is 1. The smallest absolute Gasteiger partial charge is 0.307 e. The lowest BCUT2D eigenvalue weighted by Gasteiger charge is -2.23. The zero-order valence-corrected chi connectivity index (χ0v) is 16.7. The lowest BCUT2D eigenvalue weighted by Crippen LogP contribution is -2.32. The third-order valence-electron chi connectivity index (χ3n) is 4.46. The predicted octanol–water partition coefficient (Wildman–Crippen LogP) is 4.56. The molecule has 0 unspecified atom stereocenters. The minimum atomic E-state index is -0.327. The molecule has 144 valence electrons. The topological polar surface area (TPSA) is 46.6 Å². The van der Waals surface area contributed by atoms with Crippen LogP contribution in [0.3, 0.4) is 0 Å². The van der Waals surface area contributed by atoms with Crippen LogP contribution in [0.2, 0.25) is 5.02 Å². The van der Waals surface area contributed by atoms with Crippen molar-refractivity contribution in [1.29, 1.82) is 0 Å². The van der Waals surface area contributed by atoms with Crippen molar-refractivity contribution in [1.82, 2.24) is 4.90 Å². The Morgan fingerprint density at radius 2 is 1.74 bits per heavy atom. The molecule has 0 heterocycles. The molecular weight excluding hydrogens is 362 g/mol. The van der Waals surface area contributed by atoms with E-state index in [9.17, 15) is 9.59 Å². The van der Waals surface area contributed by atoms with E-state index in [4.69, 9.17) is 16.3 Å². The van der Waals surface area contributed by atoms with Gasteiger partial charge in [-0.2, -0.15) is 0 Å². The van der Waals surface area contributed by atoms with Crippen molar-refractivity contribution >= 4 is 23.5 Å². The zero-order valence-electron chi connectivity index (χ0n) is 15.9. The second-order valence-electron chi connectivity index (χ2n) is 6.57. The van der Waals surface area contributed by atoms with Crippen LogP contribution in [0.25, 0.3) is 0 Å². The van der Waals surface area contributed by atoms with E-state index in [0.717, 1.165) is 18.4 Å². The number of benzene rings is 2. The molecule has 0 aromatic heterocycles. The van der Waals surface area contributed by atoms with Crippen molar-refractivity contribution in [2.75, 3.05) is 13.7 Å². The number of hydrogen-bond acceptors (Lipinski definition) is 3. The number of aryl methyl sites for hydroxylation is 2. The van der Waals surface area contributed by atoms with Crippen molar-refractivity contribution < 1.29 is 14.3 Å². The maximum Gasteiger partial charge on any atom is 0.307 e. The van der Waals surface area contributed by atoms with Crippen LogP contribution < -0.4 is 0 Å². The lowest BCUT2D eigenvalue weighted by atomic mass is 10.1. The predicted molar refractivity (Wildman–Crippen MR) is 108 cm³/mol. The fraction of sp³-hybridized carbons (Fsp3) is 0.364. The van der Waals surface area contributed by atoms with E-state index in [1.807, 2.05) is 18.2 Å². The first-order valence-corrected chi connectivity index (χ1v) is 9.51. The molecule has 5 heteroatoms. The molecule has 0 saturated carbocycles. The average Bonchev–Trinajstić information content (AvgIpc) is 2.67. The van der Waals surface area contributed by atoms with Crippen LogP contribution in [0.1, 0.15) is 36.0 Å². The average molecular weight is 388 g/mol. The van der Waals surface area contributed by atoms with Crippen molar-refractivity contribution in [3.05, 3.63) is 70.2 Å². The Hall–Kier alpha value is -2.33. The van der Waals surface area contributed by atoms with E-state index in [0.29, 0.717) is 24.5 Å². The van der Waals surface area contributed by atoms with Crippen LogP contribution in [0.5, 0.6) is 0 Å². The molecule has 27 heavy (non-hydrogen) atoms. The molecule has 4 nitrogen and oxygen atoms in total. The van der Waals surface area contributed by atoms with Gasteiger partial charge < -0.3 is 9.64 Å². The van der Waals surface area contributed by atoms with Gasteiger partial charge in [0.1, 0.15) is 0 Å². The summed E-state index contributed by atoms with van der Waals surface area (Å²) >= 11 is 6.23. The maximum absolute atomic E-state index is 12.7. The Bertz CT molecular complexity index is 758. The monoisotopic (exact) mass is 387 g/mol. The van der Waals surface area contributed by atoms with Gasteiger partial charge in [-0.3, -0.25) is 9.59 Å². The van der Waals surface area contributed by atoms with Crippen LogP contribution in [0.4, 0.5) is 0 Å². The quantitative estimate of drug-likeness (QED) is 0.592. The fourth-order valence-corrected chi connectivity index (χ4v) is 3.00. The molecule has 0 N–H and O–H groups in total. The van der Waals surface area contributed by atoms with Gasteiger partial charge in [0.25, 0.3) is 0 Å². The molecule has 0 aliphatic carbocycles. The molecular formula is C22H26ClNO3. The van der Waals surface area contributed by atoms with Crippen LogP contribution in [-0.4, -0.2) is 30.4 Å². The molecule has 0 aliphatic heterocycles. The standard InChI is InChI=1S/C22H26ClNO3/c1-17-10-12-18(13-11-17)6-5-9-21(25)24(15-14-22(26)27-2)16-19-7-3-4-8-20(19)23/h3-4,7-8,10-13H,5-6,9,14-16H2,1-2H3. The van der Waals surface area contributed by atoms with Gasteiger partial charge >= 0.3 is 5.97 Å². The van der Waals surface area contributed by atoms with Crippen LogP contribution in [-0.2, 0) is 27.3 Å². The minimum absolute atomic E-state index is 0.0194. The number of nitrogens with zero attached hydrogens (tertiary/aromatic N) is 1. The highest BCUT2D eigenvalue weighted by Crippen LogP contribution is 2.18. The van der Waals surface area contributed by atoms with Crippen molar-refractivity contribution in [2.45, 2.75) is 39.2 Å². The molecule has 1 amide bonds. The third kappa shape index (κ3) is 7.06. The number of halogens is 1. The highest BCUT2D eigenvalue weighted by molar-refractivity contribution is 6.31. The van der Waals surface area contributed by atoms with E-state index >= 15 is 0 Å². The number of hydrogen-bond donors (Lipinski definition) is 0. The molecule has 0 aliphatic rings. The van der Waals surface area contributed by atoms with E-state index in [1.54, 1.807) is 11.0 Å². The largest absolute Gasteiger partial charge is 0.469 e. The van der Waals surface area contributed by atoms with Gasteiger partial charge in [0.2, 0.25) is 5.91 Å². The second-order valence-corrected chi connectivity index (χ2v) is 6.98. The van der Waals surface area contributed by atoms with E-state index < -0.39 is 0 Å². The normalized spacial score (nSPS) is 10.5. The first-order valence-electron chi connectivity index (χ1n) is 9.13. The third-order valence-corrected chi connectivity index (χ3v) is 4.83. The summed E-state index contributed by atoms with van der Waals surface area (Å²) in [6.07, 6.45) is 2.21. The van der Waals surface area contributed by atoms with Gasteiger partial charge in [-0.25, -0.2) is 0 Å². The summed E-state index contributed by atoms with van der Waals surface area (Å²) in [5.41, 5.74) is 3.32. The molecule has 0 radical (unpaired) electrons. The van der Waals surface area contributed by atoms with Gasteiger partial charge in [-0.1, -0.05) is 59.6 Å². The SMILES string of the molecule is COC(=O)CCN(Cc1ccccc1Cl)C(=O)CCCc1ccc(C)cc1. The van der Waals surface area contributed by atoms with Crippen LogP contribution >= 0.6 is 11.6 Å². The van der Waals surface area contributed by atoms with Gasteiger partial charge in [-0.15, -0.1) is 0 Å². The molecule has 0 spiro atoms. The summed E-state index contributed by atoms with van der Waals surface area (Å²) in [5, 5.41) is 0.619. The Morgan fingerprint density at radius 3 is 2.41 bits per heavy atom. The van der Waals surface area contributed by atoms with Gasteiger partial charge in [0.15, 0.2) is 0 Å². The van der Waals surface area contributed by atoms with Gasteiger partial charge in [0.05, 0.1) is 13.5 Å². The van der Waals surface area contributed by atoms with Crippen molar-refractivity contribution in [3.63, 3.8) is 0 Å². The Balaban J connectivity index is 1.95. The van der Waals surface area contributed by atoms with E-state index in [-0.39, 0.29) is 18.3 Å². The van der Waals surface area contributed by atoms with Crippen molar-refractivity contribution in [3.8, 4) is 0 Å². The van der Waals surface area contributed by atoms with Crippen molar-refractivity contribution in [2.24, 2.45) is 0 Å². The number of carbonyl (C=O) groups is 2. The van der Waals surface area contributed by atoms with E-state index in [1.165, 1.54) is 18.2 Å². The Labute approximate surface area is 166 Å². The number of methoxy groups -OCH3 is 1. The highest BCUT2D eigenvalue weighted by Gasteiger charge is 2.16. The highest BCUT2D eigenvalue weighted by atomic mass is 35.5. The summed E-state index contributed by atoms with van der Waals surface area (Å²) in [6.45, 7) is 2.77. The number of carbonyl (C=O) groups excluding carboxylic acids is 2. The molecule has 0 saturated heterocycles. The first-order chi connectivity index (χ1) is 13.0.